The predicted molar refractivity (Wildman–Crippen MR) is 95.3 cm³/mol. The molecule has 3 heterocycles. The van der Waals surface area contributed by atoms with E-state index >= 15 is 0 Å². The quantitative estimate of drug-likeness (QED) is 0.772. The van der Waals surface area contributed by atoms with Crippen molar-refractivity contribution in [1.82, 2.24) is 24.6 Å². The Labute approximate surface area is 150 Å². The molecule has 1 aliphatic heterocycles. The summed E-state index contributed by atoms with van der Waals surface area (Å²) in [5.41, 5.74) is 1.43. The van der Waals surface area contributed by atoms with Crippen molar-refractivity contribution in [3.63, 3.8) is 0 Å². The first-order chi connectivity index (χ1) is 12.4. The maximum Gasteiger partial charge on any atom is 0.315 e. The topological polar surface area (TPSA) is 113 Å². The Morgan fingerprint density at radius 3 is 2.50 bits per heavy atom. The largest absolute Gasteiger partial charge is 0.334 e. The van der Waals surface area contributed by atoms with Crippen LogP contribution in [0, 0.1) is 20.8 Å². The smallest absolute Gasteiger partial charge is 0.315 e. The van der Waals surface area contributed by atoms with Gasteiger partial charge in [0.15, 0.2) is 0 Å². The Morgan fingerprint density at radius 1 is 1.15 bits per heavy atom. The number of nitrogens with zero attached hydrogens (tertiary/aromatic N) is 4. The number of aryl methyl sites for hydroxylation is 2. The number of H-pyrrole nitrogens is 1. The summed E-state index contributed by atoms with van der Waals surface area (Å²) in [6.45, 7) is 6.34. The van der Waals surface area contributed by atoms with E-state index < -0.39 is 11.8 Å². The summed E-state index contributed by atoms with van der Waals surface area (Å²) >= 11 is 0. The lowest BCUT2D eigenvalue weighted by molar-refractivity contribution is -0.143. The van der Waals surface area contributed by atoms with Gasteiger partial charge in [-0.05, 0) is 40.0 Å². The van der Waals surface area contributed by atoms with Gasteiger partial charge in [-0.15, -0.1) is 0 Å². The van der Waals surface area contributed by atoms with Gasteiger partial charge in [0.1, 0.15) is 5.82 Å². The van der Waals surface area contributed by atoms with E-state index in [9.17, 15) is 14.4 Å². The molecule has 3 rings (SSSR count). The van der Waals surface area contributed by atoms with Gasteiger partial charge in [0, 0.05) is 30.4 Å². The number of hydrogen-bond donors (Lipinski definition) is 2. The van der Waals surface area contributed by atoms with Crippen LogP contribution in [0.3, 0.4) is 0 Å². The van der Waals surface area contributed by atoms with Gasteiger partial charge in [0.05, 0.1) is 5.69 Å². The molecule has 0 spiro atoms. The van der Waals surface area contributed by atoms with Crippen LogP contribution in [0.15, 0.2) is 10.9 Å². The molecule has 1 saturated heterocycles. The number of piperidine rings is 1. The molecule has 26 heavy (non-hydrogen) atoms. The molecule has 2 aromatic heterocycles. The number of aromatic amines is 1. The summed E-state index contributed by atoms with van der Waals surface area (Å²) in [7, 11) is 0. The SMILES string of the molecule is Cc1cc(NC(=O)C(=O)N2CCCCC2)n(-c2nc(C)c(C)c(=O)[nH]2)n1. The second-order valence-corrected chi connectivity index (χ2v) is 6.49. The second-order valence-electron chi connectivity index (χ2n) is 6.49. The lowest BCUT2D eigenvalue weighted by Crippen LogP contribution is -2.42. The Kier molecular flexibility index (Phi) is 4.88. The number of rotatable bonds is 2. The van der Waals surface area contributed by atoms with Crippen LogP contribution in [-0.2, 0) is 9.59 Å². The van der Waals surface area contributed by atoms with Crippen LogP contribution in [0.2, 0.25) is 0 Å². The van der Waals surface area contributed by atoms with Gasteiger partial charge < -0.3 is 10.2 Å². The number of likely N-dealkylation sites (tertiary alicyclic amines) is 1. The average molecular weight is 358 g/mol. The highest BCUT2D eigenvalue weighted by Crippen LogP contribution is 2.15. The molecule has 1 fully saturated rings. The summed E-state index contributed by atoms with van der Waals surface area (Å²) in [6, 6.07) is 1.62. The first kappa shape index (κ1) is 17.8. The summed E-state index contributed by atoms with van der Waals surface area (Å²) in [6.07, 6.45) is 2.89. The molecule has 138 valence electrons. The number of carbonyl (C=O) groups is 2. The lowest BCUT2D eigenvalue weighted by atomic mass is 10.1. The molecule has 2 amide bonds. The average Bonchev–Trinajstić information content (AvgIpc) is 2.99. The Balaban J connectivity index is 1.86. The molecule has 0 saturated carbocycles. The second kappa shape index (κ2) is 7.11. The van der Waals surface area contributed by atoms with Crippen LogP contribution >= 0.6 is 0 Å². The van der Waals surface area contributed by atoms with E-state index in [1.165, 1.54) is 4.68 Å². The number of carbonyl (C=O) groups excluding carboxylic acids is 2. The third-order valence-electron chi connectivity index (χ3n) is 4.49. The van der Waals surface area contributed by atoms with Crippen molar-refractivity contribution in [2.75, 3.05) is 18.4 Å². The van der Waals surface area contributed by atoms with Crippen LogP contribution in [0.1, 0.15) is 36.2 Å². The number of nitrogens with one attached hydrogen (secondary N) is 2. The summed E-state index contributed by atoms with van der Waals surface area (Å²) in [4.78, 5) is 45.2. The number of anilines is 1. The minimum atomic E-state index is -0.723. The van der Waals surface area contributed by atoms with Crippen molar-refractivity contribution in [3.8, 4) is 5.95 Å². The van der Waals surface area contributed by atoms with Crippen LogP contribution in [0.4, 0.5) is 5.82 Å². The van der Waals surface area contributed by atoms with Crippen molar-refractivity contribution in [3.05, 3.63) is 33.4 Å². The molecule has 1 aliphatic rings. The van der Waals surface area contributed by atoms with E-state index in [1.807, 2.05) is 0 Å². The highest BCUT2D eigenvalue weighted by atomic mass is 16.2. The van der Waals surface area contributed by atoms with Gasteiger partial charge in [-0.2, -0.15) is 9.78 Å². The van der Waals surface area contributed by atoms with Gasteiger partial charge in [0.25, 0.3) is 5.56 Å². The van der Waals surface area contributed by atoms with Crippen LogP contribution in [0.25, 0.3) is 5.95 Å². The minimum absolute atomic E-state index is 0.187. The predicted octanol–water partition coefficient (Wildman–Crippen LogP) is 0.832. The summed E-state index contributed by atoms with van der Waals surface area (Å²) < 4.78 is 1.32. The van der Waals surface area contributed by atoms with Gasteiger partial charge in [-0.3, -0.25) is 19.4 Å². The zero-order valence-electron chi connectivity index (χ0n) is 15.1. The first-order valence-corrected chi connectivity index (χ1v) is 8.61. The molecule has 0 atom stereocenters. The third kappa shape index (κ3) is 3.51. The van der Waals surface area contributed by atoms with Crippen LogP contribution < -0.4 is 10.9 Å². The number of aromatic nitrogens is 4. The van der Waals surface area contributed by atoms with E-state index in [2.05, 4.69) is 20.4 Å². The van der Waals surface area contributed by atoms with E-state index in [0.717, 1.165) is 19.3 Å². The number of amides is 2. The molecule has 0 radical (unpaired) electrons. The molecule has 9 heteroatoms. The van der Waals surface area contributed by atoms with E-state index in [4.69, 9.17) is 0 Å². The zero-order chi connectivity index (χ0) is 18.8. The molecule has 0 bridgehead atoms. The lowest BCUT2D eigenvalue weighted by Gasteiger charge is -2.25. The standard InChI is InChI=1S/C17H22N6O3/c1-10-9-13(19-15(25)16(26)22-7-5-4-6-8-22)23(21-10)17-18-12(3)11(2)14(24)20-17/h9H,4-8H2,1-3H3,(H,19,25)(H,18,20,24). The van der Waals surface area contributed by atoms with E-state index in [1.54, 1.807) is 31.7 Å². The Morgan fingerprint density at radius 2 is 1.85 bits per heavy atom. The molecule has 9 nitrogen and oxygen atoms in total. The fourth-order valence-electron chi connectivity index (χ4n) is 2.89. The normalized spacial score (nSPS) is 14.3. The van der Waals surface area contributed by atoms with Gasteiger partial charge in [0.2, 0.25) is 5.95 Å². The van der Waals surface area contributed by atoms with E-state index in [-0.39, 0.29) is 17.3 Å². The van der Waals surface area contributed by atoms with Crippen molar-refractivity contribution in [1.29, 1.82) is 0 Å². The molecule has 2 N–H and O–H groups in total. The third-order valence-corrected chi connectivity index (χ3v) is 4.49. The van der Waals surface area contributed by atoms with Crippen molar-refractivity contribution in [2.45, 2.75) is 40.0 Å². The Hall–Kier alpha value is -2.97. The first-order valence-electron chi connectivity index (χ1n) is 8.61. The minimum Gasteiger partial charge on any atom is -0.334 e. The fourth-order valence-corrected chi connectivity index (χ4v) is 2.89. The molecule has 0 aliphatic carbocycles. The monoisotopic (exact) mass is 358 g/mol. The molecule has 0 aromatic carbocycles. The maximum absolute atomic E-state index is 12.4. The number of hydrogen-bond acceptors (Lipinski definition) is 5. The highest BCUT2D eigenvalue weighted by Gasteiger charge is 2.25. The van der Waals surface area contributed by atoms with Crippen molar-refractivity contribution < 1.29 is 9.59 Å². The fraction of sp³-hybridized carbons (Fsp3) is 0.471. The summed E-state index contributed by atoms with van der Waals surface area (Å²) in [5, 5.41) is 6.85. The van der Waals surface area contributed by atoms with Gasteiger partial charge in [-0.25, -0.2) is 4.98 Å². The van der Waals surface area contributed by atoms with Crippen LogP contribution in [0.5, 0.6) is 0 Å². The maximum atomic E-state index is 12.4. The summed E-state index contributed by atoms with van der Waals surface area (Å²) in [5.74, 6) is -0.813. The molecule has 2 aromatic rings. The van der Waals surface area contributed by atoms with Crippen molar-refractivity contribution >= 4 is 17.6 Å². The molecular weight excluding hydrogens is 336 g/mol. The molecule has 0 unspecified atom stereocenters. The Bertz CT molecular complexity index is 908. The zero-order valence-corrected chi connectivity index (χ0v) is 15.1. The van der Waals surface area contributed by atoms with Gasteiger partial charge >= 0.3 is 11.8 Å². The molecular formula is C17H22N6O3. The van der Waals surface area contributed by atoms with Crippen molar-refractivity contribution in [2.24, 2.45) is 0 Å². The van der Waals surface area contributed by atoms with Crippen LogP contribution in [-0.4, -0.2) is 49.6 Å². The van der Waals surface area contributed by atoms with Gasteiger partial charge in [-0.1, -0.05) is 0 Å². The highest BCUT2D eigenvalue weighted by molar-refractivity contribution is 6.39. The van der Waals surface area contributed by atoms with E-state index in [0.29, 0.717) is 30.0 Å².